The fraction of sp³-hybridized carbons (Fsp3) is 0.636. The van der Waals surface area contributed by atoms with Gasteiger partial charge in [0.15, 0.2) is 0 Å². The SMILES string of the molecule is Cc1cc(N2CCC(C)C(O)C2)nc(Cl)n1. The van der Waals surface area contributed by atoms with Crippen LogP contribution in [0.25, 0.3) is 0 Å². The minimum absolute atomic E-state index is 0.267. The lowest BCUT2D eigenvalue weighted by molar-refractivity contribution is 0.102. The first-order valence-corrected chi connectivity index (χ1v) is 5.88. The maximum atomic E-state index is 9.83. The third-order valence-electron chi connectivity index (χ3n) is 3.06. The third-order valence-corrected chi connectivity index (χ3v) is 3.23. The molecule has 2 unspecified atom stereocenters. The Kier molecular flexibility index (Phi) is 3.30. The third kappa shape index (κ3) is 2.44. The number of aryl methyl sites for hydroxylation is 1. The molecule has 5 heteroatoms. The number of aliphatic hydroxyl groups is 1. The van der Waals surface area contributed by atoms with Crippen LogP contribution >= 0.6 is 11.6 Å². The lowest BCUT2D eigenvalue weighted by Crippen LogP contribution is -2.43. The smallest absolute Gasteiger partial charge is 0.224 e. The molecule has 1 saturated heterocycles. The maximum absolute atomic E-state index is 9.83. The van der Waals surface area contributed by atoms with Crippen molar-refractivity contribution in [3.63, 3.8) is 0 Å². The topological polar surface area (TPSA) is 49.2 Å². The van der Waals surface area contributed by atoms with Crippen LogP contribution in [0.1, 0.15) is 19.0 Å². The predicted molar refractivity (Wildman–Crippen MR) is 63.8 cm³/mol. The average Bonchev–Trinajstić information content (AvgIpc) is 2.20. The lowest BCUT2D eigenvalue weighted by atomic mass is 9.96. The number of β-amino-alcohol motifs (C(OH)–C–C–N with tert-alkyl or cyclic N) is 1. The van der Waals surface area contributed by atoms with E-state index in [0.29, 0.717) is 12.5 Å². The normalized spacial score (nSPS) is 25.9. The van der Waals surface area contributed by atoms with E-state index in [9.17, 15) is 5.11 Å². The molecule has 1 aromatic heterocycles. The molecule has 1 aliphatic rings. The zero-order chi connectivity index (χ0) is 11.7. The van der Waals surface area contributed by atoms with Crippen LogP contribution in [0.4, 0.5) is 5.82 Å². The molecular weight excluding hydrogens is 226 g/mol. The number of anilines is 1. The van der Waals surface area contributed by atoms with Gasteiger partial charge in [0, 0.05) is 24.8 Å². The van der Waals surface area contributed by atoms with Gasteiger partial charge in [-0.1, -0.05) is 6.92 Å². The summed E-state index contributed by atoms with van der Waals surface area (Å²) in [6.07, 6.45) is 0.685. The van der Waals surface area contributed by atoms with E-state index in [1.807, 2.05) is 13.0 Å². The minimum Gasteiger partial charge on any atom is -0.391 e. The molecule has 0 amide bonds. The molecule has 0 aromatic carbocycles. The van der Waals surface area contributed by atoms with Gasteiger partial charge in [0.1, 0.15) is 5.82 Å². The van der Waals surface area contributed by atoms with Gasteiger partial charge in [0.2, 0.25) is 5.28 Å². The molecule has 2 rings (SSSR count). The van der Waals surface area contributed by atoms with Crippen molar-refractivity contribution in [2.75, 3.05) is 18.0 Å². The molecule has 88 valence electrons. The zero-order valence-corrected chi connectivity index (χ0v) is 10.3. The highest BCUT2D eigenvalue weighted by Crippen LogP contribution is 2.22. The van der Waals surface area contributed by atoms with E-state index < -0.39 is 0 Å². The van der Waals surface area contributed by atoms with Crippen LogP contribution in [0, 0.1) is 12.8 Å². The van der Waals surface area contributed by atoms with Crippen LogP contribution in [-0.2, 0) is 0 Å². The summed E-state index contributed by atoms with van der Waals surface area (Å²) < 4.78 is 0. The standard InChI is InChI=1S/C11H16ClN3O/c1-7-3-4-15(6-9(7)16)10-5-8(2)13-11(12)14-10/h5,7,9,16H,3-4,6H2,1-2H3. The monoisotopic (exact) mass is 241 g/mol. The van der Waals surface area contributed by atoms with E-state index >= 15 is 0 Å². The van der Waals surface area contributed by atoms with Crippen molar-refractivity contribution in [3.05, 3.63) is 17.0 Å². The highest BCUT2D eigenvalue weighted by Gasteiger charge is 2.25. The van der Waals surface area contributed by atoms with Gasteiger partial charge >= 0.3 is 0 Å². The van der Waals surface area contributed by atoms with E-state index in [0.717, 1.165) is 24.5 Å². The minimum atomic E-state index is -0.289. The molecule has 0 bridgehead atoms. The van der Waals surface area contributed by atoms with Crippen LogP contribution < -0.4 is 4.90 Å². The van der Waals surface area contributed by atoms with Gasteiger partial charge in [-0.05, 0) is 30.9 Å². The fourth-order valence-corrected chi connectivity index (χ4v) is 2.16. The number of halogens is 1. The van der Waals surface area contributed by atoms with Crippen molar-refractivity contribution in [2.24, 2.45) is 5.92 Å². The first-order valence-electron chi connectivity index (χ1n) is 5.50. The molecule has 2 heterocycles. The quantitative estimate of drug-likeness (QED) is 0.760. The second-order valence-electron chi connectivity index (χ2n) is 4.42. The first-order chi connectivity index (χ1) is 7.56. The molecule has 0 spiro atoms. The summed E-state index contributed by atoms with van der Waals surface area (Å²) >= 11 is 5.82. The Morgan fingerprint density at radius 1 is 1.50 bits per heavy atom. The van der Waals surface area contributed by atoms with Crippen LogP contribution in [0.2, 0.25) is 5.28 Å². The van der Waals surface area contributed by atoms with Gasteiger partial charge in [-0.3, -0.25) is 0 Å². The van der Waals surface area contributed by atoms with Crippen LogP contribution in [0.5, 0.6) is 0 Å². The largest absolute Gasteiger partial charge is 0.391 e. The lowest BCUT2D eigenvalue weighted by Gasteiger charge is -2.35. The molecule has 2 atom stereocenters. The van der Waals surface area contributed by atoms with Gasteiger partial charge in [-0.25, -0.2) is 9.97 Å². The van der Waals surface area contributed by atoms with Gasteiger partial charge in [-0.2, -0.15) is 0 Å². The molecule has 1 aromatic rings. The molecule has 0 aliphatic carbocycles. The van der Waals surface area contributed by atoms with Gasteiger partial charge in [0.05, 0.1) is 6.10 Å². The van der Waals surface area contributed by atoms with Crippen molar-refractivity contribution < 1.29 is 5.11 Å². The van der Waals surface area contributed by atoms with Crippen molar-refractivity contribution in [1.82, 2.24) is 9.97 Å². The summed E-state index contributed by atoms with van der Waals surface area (Å²) in [6, 6.07) is 1.90. The Hall–Kier alpha value is -0.870. The molecular formula is C11H16ClN3O. The highest BCUT2D eigenvalue weighted by atomic mass is 35.5. The van der Waals surface area contributed by atoms with E-state index in [1.54, 1.807) is 0 Å². The van der Waals surface area contributed by atoms with E-state index in [1.165, 1.54) is 0 Å². The number of rotatable bonds is 1. The number of hydrogen-bond donors (Lipinski definition) is 1. The van der Waals surface area contributed by atoms with Crippen molar-refractivity contribution in [3.8, 4) is 0 Å². The van der Waals surface area contributed by atoms with E-state index in [4.69, 9.17) is 11.6 Å². The average molecular weight is 242 g/mol. The summed E-state index contributed by atoms with van der Waals surface area (Å²) in [5.74, 6) is 1.16. The van der Waals surface area contributed by atoms with Crippen molar-refractivity contribution in [1.29, 1.82) is 0 Å². The summed E-state index contributed by atoms with van der Waals surface area (Å²) in [6.45, 7) is 5.49. The molecule has 4 nitrogen and oxygen atoms in total. The van der Waals surface area contributed by atoms with Gasteiger partial charge in [-0.15, -0.1) is 0 Å². The Morgan fingerprint density at radius 2 is 2.25 bits per heavy atom. The Bertz CT molecular complexity index is 365. The molecule has 0 radical (unpaired) electrons. The van der Waals surface area contributed by atoms with Crippen LogP contribution in [0.3, 0.4) is 0 Å². The van der Waals surface area contributed by atoms with Crippen LogP contribution in [0.15, 0.2) is 6.07 Å². The Morgan fingerprint density at radius 3 is 2.88 bits per heavy atom. The summed E-state index contributed by atoms with van der Waals surface area (Å²) in [7, 11) is 0. The number of nitrogens with zero attached hydrogens (tertiary/aromatic N) is 3. The summed E-state index contributed by atoms with van der Waals surface area (Å²) in [4.78, 5) is 10.3. The zero-order valence-electron chi connectivity index (χ0n) is 9.52. The molecule has 1 aliphatic heterocycles. The van der Waals surface area contributed by atoms with Crippen molar-refractivity contribution >= 4 is 17.4 Å². The second-order valence-corrected chi connectivity index (χ2v) is 4.75. The fourth-order valence-electron chi connectivity index (χ4n) is 1.94. The number of aliphatic hydroxyl groups excluding tert-OH is 1. The second kappa shape index (κ2) is 4.55. The summed E-state index contributed by atoms with van der Waals surface area (Å²) in [5.41, 5.74) is 0.850. The van der Waals surface area contributed by atoms with E-state index in [2.05, 4.69) is 21.8 Å². The predicted octanol–water partition coefficient (Wildman–Crippen LogP) is 1.65. The van der Waals surface area contributed by atoms with Crippen molar-refractivity contribution in [2.45, 2.75) is 26.4 Å². The Balaban J connectivity index is 2.18. The van der Waals surface area contributed by atoms with Gasteiger partial charge < -0.3 is 10.0 Å². The number of aromatic nitrogens is 2. The van der Waals surface area contributed by atoms with E-state index in [-0.39, 0.29) is 11.4 Å². The Labute approximate surface area is 100 Å². The maximum Gasteiger partial charge on any atom is 0.224 e. The molecule has 1 fully saturated rings. The van der Waals surface area contributed by atoms with Gasteiger partial charge in [0.25, 0.3) is 0 Å². The molecule has 0 saturated carbocycles. The number of piperidine rings is 1. The summed E-state index contributed by atoms with van der Waals surface area (Å²) in [5, 5.41) is 10.1. The van der Waals surface area contributed by atoms with Crippen LogP contribution in [-0.4, -0.2) is 34.3 Å². The number of hydrogen-bond acceptors (Lipinski definition) is 4. The first kappa shape index (κ1) is 11.6. The highest BCUT2D eigenvalue weighted by molar-refractivity contribution is 6.28. The molecule has 16 heavy (non-hydrogen) atoms. The molecule has 1 N–H and O–H groups in total.